The molecule has 1 fully saturated rings. The van der Waals surface area contributed by atoms with Gasteiger partial charge in [0.25, 0.3) is 0 Å². The third kappa shape index (κ3) is 4.70. The summed E-state index contributed by atoms with van der Waals surface area (Å²) >= 11 is 0. The number of carbonyl (C=O) groups excluding carboxylic acids is 2. The molecule has 0 unspecified atom stereocenters. The molecule has 2 aromatic rings. The Labute approximate surface area is 182 Å². The average Bonchev–Trinajstić information content (AvgIpc) is 2.78. The number of pyridine rings is 1. The van der Waals surface area contributed by atoms with Crippen molar-refractivity contribution in [1.82, 2.24) is 4.98 Å². The molecular formula is C24H29FN2O4. The Morgan fingerprint density at radius 3 is 2.26 bits per heavy atom. The Hall–Kier alpha value is -2.96. The first-order valence-electron chi connectivity index (χ1n) is 10.7. The van der Waals surface area contributed by atoms with Gasteiger partial charge in [-0.25, -0.2) is 19.0 Å². The molecular weight excluding hydrogens is 399 g/mol. The summed E-state index contributed by atoms with van der Waals surface area (Å²) in [6, 6.07) is 5.73. The second-order valence-electron chi connectivity index (χ2n) is 7.87. The van der Waals surface area contributed by atoms with Gasteiger partial charge in [0.05, 0.1) is 25.0 Å². The van der Waals surface area contributed by atoms with Gasteiger partial charge in [-0.1, -0.05) is 26.0 Å². The third-order valence-electron chi connectivity index (χ3n) is 5.41. The predicted molar refractivity (Wildman–Crippen MR) is 117 cm³/mol. The number of halogens is 1. The summed E-state index contributed by atoms with van der Waals surface area (Å²) in [5.74, 6) is -1.15. The van der Waals surface area contributed by atoms with Crippen LogP contribution in [0.4, 0.5) is 10.2 Å². The first-order chi connectivity index (χ1) is 14.9. The Bertz CT molecular complexity index is 951. The Balaban J connectivity index is 2.42. The van der Waals surface area contributed by atoms with Crippen LogP contribution in [-0.2, 0) is 9.47 Å². The highest BCUT2D eigenvalue weighted by Gasteiger charge is 2.33. The van der Waals surface area contributed by atoms with E-state index in [1.54, 1.807) is 19.1 Å². The number of benzene rings is 1. The summed E-state index contributed by atoms with van der Waals surface area (Å²) in [4.78, 5) is 33.0. The lowest BCUT2D eigenvalue weighted by molar-refractivity contribution is 0.0527. The summed E-state index contributed by atoms with van der Waals surface area (Å²) in [7, 11) is 1.30. The van der Waals surface area contributed by atoms with Crippen molar-refractivity contribution < 1.29 is 23.5 Å². The van der Waals surface area contributed by atoms with Gasteiger partial charge < -0.3 is 14.4 Å². The number of nitrogens with zero attached hydrogens (tertiary/aromatic N) is 2. The molecule has 1 aliphatic heterocycles. The summed E-state index contributed by atoms with van der Waals surface area (Å²) in [6.07, 6.45) is 3.10. The van der Waals surface area contributed by atoms with Gasteiger partial charge in [-0.3, -0.25) is 0 Å². The number of methoxy groups -OCH3 is 1. The van der Waals surface area contributed by atoms with Crippen LogP contribution in [0.3, 0.4) is 0 Å². The quantitative estimate of drug-likeness (QED) is 0.606. The molecule has 1 saturated heterocycles. The standard InChI is InChI=1S/C24H29FN2O4/c1-5-31-24(29)20-18(16-9-11-17(25)12-10-16)19(23(28)30-4)21(15(2)3)26-22(20)27-13-7-6-8-14-27/h9-12,15H,5-8,13-14H2,1-4H3. The van der Waals surface area contributed by atoms with E-state index in [1.165, 1.54) is 19.2 Å². The van der Waals surface area contributed by atoms with Crippen molar-refractivity contribution in [2.75, 3.05) is 31.7 Å². The lowest BCUT2D eigenvalue weighted by Gasteiger charge is -2.31. The molecule has 166 valence electrons. The van der Waals surface area contributed by atoms with Crippen LogP contribution in [0.25, 0.3) is 11.1 Å². The van der Waals surface area contributed by atoms with Crippen molar-refractivity contribution in [3.63, 3.8) is 0 Å². The summed E-state index contributed by atoms with van der Waals surface area (Å²) in [5.41, 5.74) is 1.89. The number of rotatable bonds is 6. The molecule has 1 aromatic heterocycles. The molecule has 31 heavy (non-hydrogen) atoms. The minimum atomic E-state index is -0.591. The molecule has 6 nitrogen and oxygen atoms in total. The smallest absolute Gasteiger partial charge is 0.342 e. The van der Waals surface area contributed by atoms with Crippen molar-refractivity contribution in [2.45, 2.75) is 46.0 Å². The van der Waals surface area contributed by atoms with Gasteiger partial charge in [0.1, 0.15) is 17.2 Å². The van der Waals surface area contributed by atoms with E-state index in [4.69, 9.17) is 14.5 Å². The van der Waals surface area contributed by atoms with E-state index in [1.807, 2.05) is 13.8 Å². The van der Waals surface area contributed by atoms with Crippen molar-refractivity contribution in [3.8, 4) is 11.1 Å². The van der Waals surface area contributed by atoms with E-state index < -0.39 is 17.8 Å². The number of aromatic nitrogens is 1. The molecule has 3 rings (SSSR count). The lowest BCUT2D eigenvalue weighted by atomic mass is 9.90. The Morgan fingerprint density at radius 2 is 1.71 bits per heavy atom. The molecule has 0 radical (unpaired) electrons. The number of anilines is 1. The van der Waals surface area contributed by atoms with Crippen molar-refractivity contribution in [3.05, 3.63) is 46.9 Å². The van der Waals surface area contributed by atoms with Gasteiger partial charge in [0, 0.05) is 18.7 Å². The largest absolute Gasteiger partial charge is 0.465 e. The summed E-state index contributed by atoms with van der Waals surface area (Å²) in [5, 5.41) is 0. The molecule has 2 heterocycles. The van der Waals surface area contributed by atoms with Gasteiger partial charge in [0.2, 0.25) is 0 Å². The van der Waals surface area contributed by atoms with Crippen LogP contribution in [0.1, 0.15) is 72.4 Å². The Kier molecular flexibility index (Phi) is 7.25. The number of hydrogen-bond donors (Lipinski definition) is 0. The Morgan fingerprint density at radius 1 is 1.06 bits per heavy atom. The molecule has 0 spiro atoms. The minimum Gasteiger partial charge on any atom is -0.465 e. The second-order valence-corrected chi connectivity index (χ2v) is 7.87. The van der Waals surface area contributed by atoms with E-state index >= 15 is 0 Å². The van der Waals surface area contributed by atoms with Crippen LogP contribution >= 0.6 is 0 Å². The fourth-order valence-electron chi connectivity index (χ4n) is 3.95. The van der Waals surface area contributed by atoms with E-state index in [-0.39, 0.29) is 23.7 Å². The zero-order valence-electron chi connectivity index (χ0n) is 18.5. The van der Waals surface area contributed by atoms with Crippen molar-refractivity contribution in [1.29, 1.82) is 0 Å². The number of esters is 2. The van der Waals surface area contributed by atoms with Gasteiger partial charge in [-0.05, 0) is 49.8 Å². The highest BCUT2D eigenvalue weighted by atomic mass is 19.1. The van der Waals surface area contributed by atoms with Crippen LogP contribution in [-0.4, -0.2) is 43.7 Å². The van der Waals surface area contributed by atoms with Gasteiger partial charge in [-0.15, -0.1) is 0 Å². The highest BCUT2D eigenvalue weighted by molar-refractivity contribution is 6.09. The van der Waals surface area contributed by atoms with Crippen LogP contribution in [0, 0.1) is 5.82 Å². The number of piperidine rings is 1. The van der Waals surface area contributed by atoms with Crippen molar-refractivity contribution in [2.24, 2.45) is 0 Å². The van der Waals surface area contributed by atoms with Gasteiger partial charge in [-0.2, -0.15) is 0 Å². The molecule has 1 aliphatic rings. The van der Waals surface area contributed by atoms with Crippen molar-refractivity contribution >= 4 is 17.8 Å². The van der Waals surface area contributed by atoms with Crippen LogP contribution in [0.2, 0.25) is 0 Å². The number of hydrogen-bond acceptors (Lipinski definition) is 6. The molecule has 0 bridgehead atoms. The second kappa shape index (κ2) is 9.90. The summed E-state index contributed by atoms with van der Waals surface area (Å²) < 4.78 is 24.1. The molecule has 0 saturated carbocycles. The van der Waals surface area contributed by atoms with E-state index in [2.05, 4.69) is 4.90 Å². The zero-order valence-corrected chi connectivity index (χ0v) is 18.5. The minimum absolute atomic E-state index is 0.104. The monoisotopic (exact) mass is 428 g/mol. The SMILES string of the molecule is CCOC(=O)c1c(N2CCCCC2)nc(C(C)C)c(C(=O)OC)c1-c1ccc(F)cc1. The number of ether oxygens (including phenoxy) is 2. The van der Waals surface area contributed by atoms with Crippen LogP contribution in [0.15, 0.2) is 24.3 Å². The van der Waals surface area contributed by atoms with Crippen LogP contribution < -0.4 is 4.90 Å². The van der Waals surface area contributed by atoms with E-state index in [0.29, 0.717) is 22.6 Å². The third-order valence-corrected chi connectivity index (χ3v) is 5.41. The lowest BCUT2D eigenvalue weighted by Crippen LogP contribution is -2.33. The molecule has 7 heteroatoms. The maximum absolute atomic E-state index is 13.7. The fraction of sp³-hybridized carbons (Fsp3) is 0.458. The predicted octanol–water partition coefficient (Wildman–Crippen LogP) is 4.96. The average molecular weight is 429 g/mol. The maximum Gasteiger partial charge on any atom is 0.342 e. The molecule has 0 aliphatic carbocycles. The number of carbonyl (C=O) groups is 2. The molecule has 0 amide bonds. The van der Waals surface area contributed by atoms with E-state index in [9.17, 15) is 14.0 Å². The molecule has 1 aromatic carbocycles. The topological polar surface area (TPSA) is 68.7 Å². The molecule has 0 N–H and O–H groups in total. The van der Waals surface area contributed by atoms with Gasteiger partial charge in [0.15, 0.2) is 0 Å². The first kappa shape index (κ1) is 22.7. The van der Waals surface area contributed by atoms with Gasteiger partial charge >= 0.3 is 11.9 Å². The summed E-state index contributed by atoms with van der Waals surface area (Å²) in [6.45, 7) is 7.31. The maximum atomic E-state index is 13.7. The van der Waals surface area contributed by atoms with Crippen LogP contribution in [0.5, 0.6) is 0 Å². The van der Waals surface area contributed by atoms with E-state index in [0.717, 1.165) is 32.4 Å². The zero-order chi connectivity index (χ0) is 22.5. The molecule has 0 atom stereocenters. The highest BCUT2D eigenvalue weighted by Crippen LogP contribution is 2.39. The normalized spacial score (nSPS) is 13.9. The fourth-order valence-corrected chi connectivity index (χ4v) is 3.95. The first-order valence-corrected chi connectivity index (χ1v) is 10.7.